The first-order chi connectivity index (χ1) is 10.7. The fourth-order valence-electron chi connectivity index (χ4n) is 2.01. The summed E-state index contributed by atoms with van der Waals surface area (Å²) in [6.45, 7) is 2.05. The van der Waals surface area contributed by atoms with Crippen molar-refractivity contribution in [3.8, 4) is 0 Å². The van der Waals surface area contributed by atoms with E-state index in [1.165, 1.54) is 11.8 Å². The summed E-state index contributed by atoms with van der Waals surface area (Å²) in [6, 6.07) is 3.31. The molecule has 0 bridgehead atoms. The van der Waals surface area contributed by atoms with Crippen LogP contribution in [0.1, 0.15) is 34.5 Å². The van der Waals surface area contributed by atoms with Gasteiger partial charge in [-0.3, -0.25) is 4.79 Å². The molecule has 0 saturated heterocycles. The molecule has 0 aliphatic carbocycles. The highest BCUT2D eigenvalue weighted by molar-refractivity contribution is 7.98. The van der Waals surface area contributed by atoms with Crippen LogP contribution in [0.5, 0.6) is 0 Å². The lowest BCUT2D eigenvalue weighted by atomic mass is 10.3. The molecule has 0 amide bonds. The number of hydrogen-bond donors (Lipinski definition) is 1. The number of thioether (sulfide) groups is 2. The van der Waals surface area contributed by atoms with Crippen molar-refractivity contribution in [2.75, 3.05) is 6.61 Å². The fourth-order valence-corrected chi connectivity index (χ4v) is 3.82. The van der Waals surface area contributed by atoms with Crippen molar-refractivity contribution in [3.63, 3.8) is 0 Å². The normalized spacial score (nSPS) is 13.1. The van der Waals surface area contributed by atoms with Crippen LogP contribution in [-0.2, 0) is 22.0 Å². The number of carbonyl (C=O) groups excluding carboxylic acids is 1. The Hall–Kier alpha value is -1.67. The lowest BCUT2D eigenvalue weighted by Crippen LogP contribution is -2.14. The van der Waals surface area contributed by atoms with Gasteiger partial charge in [0, 0.05) is 17.1 Å². The zero-order valence-electron chi connectivity index (χ0n) is 11.9. The summed E-state index contributed by atoms with van der Waals surface area (Å²) in [5.74, 6) is 2.33. The van der Waals surface area contributed by atoms with Crippen molar-refractivity contribution < 1.29 is 13.9 Å². The molecule has 0 aromatic carbocycles. The monoisotopic (exact) mass is 338 g/mol. The number of rotatable bonds is 5. The smallest absolute Gasteiger partial charge is 0.374 e. The lowest BCUT2D eigenvalue weighted by molar-refractivity contribution is 0.0488. The molecular weight excluding hydrogens is 324 g/mol. The number of aromatic nitrogens is 2. The summed E-state index contributed by atoms with van der Waals surface area (Å²) in [6.07, 6.45) is 0. The van der Waals surface area contributed by atoms with E-state index < -0.39 is 5.97 Å². The minimum Gasteiger partial charge on any atom is -0.460 e. The zero-order valence-corrected chi connectivity index (χ0v) is 13.5. The van der Waals surface area contributed by atoms with Gasteiger partial charge < -0.3 is 14.1 Å². The van der Waals surface area contributed by atoms with E-state index in [1.807, 2.05) is 0 Å². The number of ether oxygens (including phenoxy) is 1. The van der Waals surface area contributed by atoms with E-state index in [0.717, 1.165) is 22.8 Å². The van der Waals surface area contributed by atoms with Crippen LogP contribution >= 0.6 is 23.5 Å². The molecule has 2 aromatic rings. The average molecular weight is 338 g/mol. The van der Waals surface area contributed by atoms with Gasteiger partial charge in [0.1, 0.15) is 5.76 Å². The highest BCUT2D eigenvalue weighted by Crippen LogP contribution is 2.27. The van der Waals surface area contributed by atoms with Gasteiger partial charge in [-0.25, -0.2) is 9.78 Å². The summed E-state index contributed by atoms with van der Waals surface area (Å²) >= 11 is 3.06. The highest BCUT2D eigenvalue weighted by Gasteiger charge is 2.18. The number of H-pyrrole nitrogens is 1. The number of furan rings is 1. The maximum Gasteiger partial charge on any atom is 0.374 e. The maximum atomic E-state index is 11.9. The van der Waals surface area contributed by atoms with Crippen LogP contribution in [0, 0.1) is 0 Å². The van der Waals surface area contributed by atoms with Gasteiger partial charge in [-0.1, -0.05) is 11.8 Å². The molecule has 0 fully saturated rings. The predicted molar refractivity (Wildman–Crippen MR) is 84.1 cm³/mol. The third-order valence-electron chi connectivity index (χ3n) is 3.05. The number of fused-ring (bicyclic) bond motifs is 1. The van der Waals surface area contributed by atoms with Gasteiger partial charge in [0.15, 0.2) is 5.16 Å². The number of nitrogens with zero attached hydrogens (tertiary/aromatic N) is 1. The first-order valence-electron chi connectivity index (χ1n) is 6.76. The van der Waals surface area contributed by atoms with Gasteiger partial charge in [0.25, 0.3) is 5.56 Å². The molecule has 2 aromatic heterocycles. The van der Waals surface area contributed by atoms with Crippen molar-refractivity contribution in [1.29, 1.82) is 0 Å². The van der Waals surface area contributed by atoms with Crippen LogP contribution in [-0.4, -0.2) is 22.5 Å². The number of carbonyl (C=O) groups is 1. The topological polar surface area (TPSA) is 85.2 Å². The molecule has 3 heterocycles. The van der Waals surface area contributed by atoms with Crippen LogP contribution in [0.2, 0.25) is 0 Å². The number of esters is 1. The second kappa shape index (κ2) is 6.62. The summed E-state index contributed by atoms with van der Waals surface area (Å²) in [5.41, 5.74) is 1.57. The Bertz CT molecular complexity index is 754. The first-order valence-corrected chi connectivity index (χ1v) is 8.90. The number of aromatic amines is 1. The van der Waals surface area contributed by atoms with Crippen molar-refractivity contribution in [2.45, 2.75) is 29.3 Å². The Morgan fingerprint density at radius 1 is 1.50 bits per heavy atom. The van der Waals surface area contributed by atoms with E-state index >= 15 is 0 Å². The Kier molecular flexibility index (Phi) is 4.58. The van der Waals surface area contributed by atoms with Gasteiger partial charge in [0.05, 0.1) is 18.1 Å². The summed E-state index contributed by atoms with van der Waals surface area (Å²) in [5, 5.41) is 0.570. The van der Waals surface area contributed by atoms with Crippen molar-refractivity contribution in [2.24, 2.45) is 0 Å². The first kappa shape index (κ1) is 15.2. The highest BCUT2D eigenvalue weighted by atomic mass is 32.2. The second-order valence-corrected chi connectivity index (χ2v) is 6.51. The molecule has 6 nitrogen and oxygen atoms in total. The van der Waals surface area contributed by atoms with E-state index in [1.54, 1.807) is 30.8 Å². The molecule has 0 radical (unpaired) electrons. The molecule has 116 valence electrons. The van der Waals surface area contributed by atoms with Gasteiger partial charge in [-0.05, 0) is 19.1 Å². The molecule has 1 aliphatic heterocycles. The van der Waals surface area contributed by atoms with Crippen LogP contribution in [0.3, 0.4) is 0 Å². The SMILES string of the molecule is CCOC(=O)c1ccc(CSc2nc3c(c(=O)[nH]2)CSC3)o1. The van der Waals surface area contributed by atoms with Crippen LogP contribution in [0.4, 0.5) is 0 Å². The van der Waals surface area contributed by atoms with Crippen LogP contribution in [0.25, 0.3) is 0 Å². The van der Waals surface area contributed by atoms with Gasteiger partial charge >= 0.3 is 5.97 Å². The zero-order chi connectivity index (χ0) is 15.5. The Morgan fingerprint density at radius 3 is 3.18 bits per heavy atom. The fraction of sp³-hybridized carbons (Fsp3) is 0.357. The molecule has 22 heavy (non-hydrogen) atoms. The molecular formula is C14H14N2O4S2. The molecule has 3 rings (SSSR count). The predicted octanol–water partition coefficient (Wildman–Crippen LogP) is 2.58. The quantitative estimate of drug-likeness (QED) is 0.509. The molecule has 0 atom stereocenters. The third-order valence-corrected chi connectivity index (χ3v) is 4.92. The van der Waals surface area contributed by atoms with Crippen LogP contribution in [0.15, 0.2) is 26.5 Å². The Balaban J connectivity index is 1.67. The third kappa shape index (κ3) is 3.22. The molecule has 0 saturated carbocycles. The molecule has 0 unspecified atom stereocenters. The van der Waals surface area contributed by atoms with E-state index in [4.69, 9.17) is 9.15 Å². The van der Waals surface area contributed by atoms with Crippen molar-refractivity contribution in [3.05, 3.63) is 45.3 Å². The summed E-state index contributed by atoms with van der Waals surface area (Å²) in [4.78, 5) is 30.7. The maximum absolute atomic E-state index is 11.9. The minimum absolute atomic E-state index is 0.0656. The molecule has 8 heteroatoms. The lowest BCUT2D eigenvalue weighted by Gasteiger charge is -2.02. The van der Waals surface area contributed by atoms with E-state index in [-0.39, 0.29) is 11.3 Å². The number of nitrogens with one attached hydrogen (secondary N) is 1. The van der Waals surface area contributed by atoms with Crippen LogP contribution < -0.4 is 5.56 Å². The molecule has 1 N–H and O–H groups in total. The Morgan fingerprint density at radius 2 is 2.36 bits per heavy atom. The van der Waals surface area contributed by atoms with Crippen molar-refractivity contribution in [1.82, 2.24) is 9.97 Å². The van der Waals surface area contributed by atoms with E-state index in [9.17, 15) is 9.59 Å². The number of hydrogen-bond acceptors (Lipinski definition) is 7. The standard InChI is InChI=1S/C14H14N2O4S2/c1-2-19-13(18)11-4-3-8(20-11)5-22-14-15-10-7-21-6-9(10)12(17)16-14/h3-4H,2,5-7H2,1H3,(H,15,16,17). The Labute approximate surface area is 135 Å². The summed E-state index contributed by atoms with van der Waals surface area (Å²) < 4.78 is 10.3. The second-order valence-electron chi connectivity index (χ2n) is 4.56. The van der Waals surface area contributed by atoms with Gasteiger partial charge in [-0.15, -0.1) is 0 Å². The van der Waals surface area contributed by atoms with E-state index in [0.29, 0.717) is 23.3 Å². The molecule has 0 spiro atoms. The molecule has 1 aliphatic rings. The van der Waals surface area contributed by atoms with Gasteiger partial charge in [-0.2, -0.15) is 11.8 Å². The van der Waals surface area contributed by atoms with Crippen molar-refractivity contribution >= 4 is 29.5 Å². The largest absolute Gasteiger partial charge is 0.460 e. The van der Waals surface area contributed by atoms with Gasteiger partial charge in [0.2, 0.25) is 5.76 Å². The van der Waals surface area contributed by atoms with E-state index in [2.05, 4.69) is 9.97 Å². The minimum atomic E-state index is -0.472. The summed E-state index contributed by atoms with van der Waals surface area (Å²) in [7, 11) is 0. The average Bonchev–Trinajstić information content (AvgIpc) is 3.14.